The molecule has 0 atom stereocenters. The maximum Gasteiger partial charge on any atom is 0.222 e. The van der Waals surface area contributed by atoms with Crippen molar-refractivity contribution in [3.8, 4) is 17.4 Å². The number of benzene rings is 2. The highest BCUT2D eigenvalue weighted by Crippen LogP contribution is 2.35. The van der Waals surface area contributed by atoms with Gasteiger partial charge in [0.1, 0.15) is 11.5 Å². The minimum atomic E-state index is 0.561. The molecule has 0 fully saturated rings. The highest BCUT2D eigenvalue weighted by molar-refractivity contribution is 6.08. The van der Waals surface area contributed by atoms with Crippen molar-refractivity contribution in [2.24, 2.45) is 0 Å². The summed E-state index contributed by atoms with van der Waals surface area (Å²) in [7, 11) is 8.38. The molecule has 0 unspecified atom stereocenters. The fraction of sp³-hybridized carbons (Fsp3) is 0.519. The van der Waals surface area contributed by atoms with E-state index in [2.05, 4.69) is 50.1 Å². The molecule has 6 nitrogen and oxygen atoms in total. The number of ether oxygens (including phenoxy) is 3. The lowest BCUT2D eigenvalue weighted by molar-refractivity contribution is 0.293. The summed E-state index contributed by atoms with van der Waals surface area (Å²) in [5.74, 6) is 2.34. The van der Waals surface area contributed by atoms with Crippen molar-refractivity contribution < 1.29 is 14.2 Å². The second kappa shape index (κ2) is 12.6. The molecule has 0 saturated heterocycles. The Bertz CT molecular complexity index is 1020. The van der Waals surface area contributed by atoms with E-state index in [-0.39, 0.29) is 0 Å². The van der Waals surface area contributed by atoms with Gasteiger partial charge in [-0.3, -0.25) is 0 Å². The van der Waals surface area contributed by atoms with Crippen LogP contribution in [0.4, 0.5) is 0 Å². The van der Waals surface area contributed by atoms with Crippen molar-refractivity contribution in [2.75, 3.05) is 61.1 Å². The lowest BCUT2D eigenvalue weighted by Crippen LogP contribution is -2.13. The first kappa shape index (κ1) is 25.1. The number of hydrogen-bond acceptors (Lipinski definition) is 6. The summed E-state index contributed by atoms with van der Waals surface area (Å²) in [5, 5.41) is 3.18. The number of pyridine rings is 1. The normalized spacial score (nSPS) is 11.6. The van der Waals surface area contributed by atoms with E-state index in [1.54, 1.807) is 0 Å². The van der Waals surface area contributed by atoms with Gasteiger partial charge in [-0.05, 0) is 110 Å². The Hall–Kier alpha value is -2.57. The van der Waals surface area contributed by atoms with Crippen LogP contribution in [0.2, 0.25) is 0 Å². The first-order valence-corrected chi connectivity index (χ1v) is 12.0. The summed E-state index contributed by atoms with van der Waals surface area (Å²) in [4.78, 5) is 9.22. The van der Waals surface area contributed by atoms with Gasteiger partial charge >= 0.3 is 0 Å². The summed E-state index contributed by atoms with van der Waals surface area (Å²) in [6, 6.07) is 12.3. The molecule has 0 saturated carbocycles. The molecule has 0 amide bonds. The Kier molecular flexibility index (Phi) is 9.58. The minimum absolute atomic E-state index is 0.561. The van der Waals surface area contributed by atoms with E-state index < -0.39 is 0 Å². The van der Waals surface area contributed by atoms with Crippen LogP contribution in [0, 0.1) is 0 Å². The quantitative estimate of drug-likeness (QED) is 0.246. The Morgan fingerprint density at radius 3 is 1.82 bits per heavy atom. The lowest BCUT2D eigenvalue weighted by Gasteiger charge is -2.14. The molecule has 1 heterocycles. The number of rotatable bonds is 14. The standard InChI is InChI=1S/C27H39N3O3/c1-6-31-27-25-19-21(32-17-9-7-15-29(2)3)11-13-23(25)24-14-12-22(20-26(24)28-27)33-18-10-8-16-30(4)5/h11-14,19-20H,6-10,15-18H2,1-5H3. The lowest BCUT2D eigenvalue weighted by atomic mass is 10.1. The SMILES string of the molecule is CCOc1nc2cc(OCCCCN(C)C)ccc2c2ccc(OCCCCN(C)C)cc12. The number of hydrogen-bond donors (Lipinski definition) is 0. The largest absolute Gasteiger partial charge is 0.494 e. The van der Waals surface area contributed by atoms with Crippen molar-refractivity contribution in [1.29, 1.82) is 0 Å². The summed E-state index contributed by atoms with van der Waals surface area (Å²) in [6.45, 7) is 6.11. The molecule has 3 aromatic rings. The molecule has 180 valence electrons. The van der Waals surface area contributed by atoms with Crippen LogP contribution in [-0.4, -0.2) is 75.9 Å². The van der Waals surface area contributed by atoms with Crippen molar-refractivity contribution >= 4 is 21.7 Å². The van der Waals surface area contributed by atoms with E-state index in [0.717, 1.165) is 71.9 Å². The molecule has 0 radical (unpaired) electrons. The molecule has 0 aliphatic rings. The average molecular weight is 454 g/mol. The van der Waals surface area contributed by atoms with Gasteiger partial charge in [-0.25, -0.2) is 4.98 Å². The van der Waals surface area contributed by atoms with Crippen molar-refractivity contribution in [3.05, 3.63) is 36.4 Å². The minimum Gasteiger partial charge on any atom is -0.494 e. The monoisotopic (exact) mass is 453 g/mol. The summed E-state index contributed by atoms with van der Waals surface area (Å²) in [6.07, 6.45) is 4.31. The van der Waals surface area contributed by atoms with Crippen LogP contribution in [-0.2, 0) is 0 Å². The molecule has 0 bridgehead atoms. The third kappa shape index (κ3) is 7.47. The number of aromatic nitrogens is 1. The van der Waals surface area contributed by atoms with Gasteiger partial charge in [-0.1, -0.05) is 0 Å². The van der Waals surface area contributed by atoms with Gasteiger partial charge in [0.25, 0.3) is 0 Å². The second-order valence-corrected chi connectivity index (χ2v) is 8.95. The van der Waals surface area contributed by atoms with Crippen LogP contribution in [0.25, 0.3) is 21.7 Å². The van der Waals surface area contributed by atoms with E-state index in [1.807, 2.05) is 31.2 Å². The molecule has 2 aromatic carbocycles. The highest BCUT2D eigenvalue weighted by atomic mass is 16.5. The van der Waals surface area contributed by atoms with E-state index in [9.17, 15) is 0 Å². The summed E-state index contributed by atoms with van der Waals surface area (Å²) < 4.78 is 17.9. The van der Waals surface area contributed by atoms with E-state index >= 15 is 0 Å². The number of unbranched alkanes of at least 4 members (excludes halogenated alkanes) is 2. The van der Waals surface area contributed by atoms with Crippen molar-refractivity contribution in [1.82, 2.24) is 14.8 Å². The van der Waals surface area contributed by atoms with Gasteiger partial charge in [0.2, 0.25) is 5.88 Å². The first-order chi connectivity index (χ1) is 16.0. The summed E-state index contributed by atoms with van der Waals surface area (Å²) >= 11 is 0. The Balaban J connectivity index is 1.75. The maximum atomic E-state index is 6.01. The zero-order chi connectivity index (χ0) is 23.6. The average Bonchev–Trinajstić information content (AvgIpc) is 2.78. The van der Waals surface area contributed by atoms with E-state index in [1.165, 1.54) is 0 Å². The van der Waals surface area contributed by atoms with Crippen LogP contribution >= 0.6 is 0 Å². The fourth-order valence-corrected chi connectivity index (χ4v) is 3.80. The van der Waals surface area contributed by atoms with Crippen molar-refractivity contribution in [2.45, 2.75) is 32.6 Å². The van der Waals surface area contributed by atoms with Crippen LogP contribution in [0.3, 0.4) is 0 Å². The Labute approximate surface area is 198 Å². The highest BCUT2D eigenvalue weighted by Gasteiger charge is 2.12. The summed E-state index contributed by atoms with van der Waals surface area (Å²) in [5.41, 5.74) is 0.883. The topological polar surface area (TPSA) is 47.1 Å². The zero-order valence-electron chi connectivity index (χ0n) is 20.9. The van der Waals surface area contributed by atoms with Crippen molar-refractivity contribution in [3.63, 3.8) is 0 Å². The maximum absolute atomic E-state index is 6.01. The van der Waals surface area contributed by atoms with Crippen LogP contribution in [0.5, 0.6) is 17.4 Å². The molecule has 0 aliphatic heterocycles. The molecule has 33 heavy (non-hydrogen) atoms. The molecule has 1 aromatic heterocycles. The fourth-order valence-electron chi connectivity index (χ4n) is 3.80. The van der Waals surface area contributed by atoms with Gasteiger partial charge in [-0.15, -0.1) is 0 Å². The smallest absolute Gasteiger partial charge is 0.222 e. The van der Waals surface area contributed by atoms with Gasteiger partial charge in [0.15, 0.2) is 0 Å². The van der Waals surface area contributed by atoms with Gasteiger partial charge < -0.3 is 24.0 Å². The number of fused-ring (bicyclic) bond motifs is 3. The number of nitrogens with zero attached hydrogens (tertiary/aromatic N) is 3. The molecule has 0 aliphatic carbocycles. The first-order valence-electron chi connectivity index (χ1n) is 12.0. The Morgan fingerprint density at radius 1 is 0.667 bits per heavy atom. The predicted molar refractivity (Wildman–Crippen MR) is 137 cm³/mol. The zero-order valence-corrected chi connectivity index (χ0v) is 20.9. The van der Waals surface area contributed by atoms with Crippen LogP contribution in [0.1, 0.15) is 32.6 Å². The third-order valence-corrected chi connectivity index (χ3v) is 5.52. The molecule has 0 spiro atoms. The van der Waals surface area contributed by atoms with E-state index in [0.29, 0.717) is 25.7 Å². The third-order valence-electron chi connectivity index (χ3n) is 5.52. The molecule has 0 N–H and O–H groups in total. The van der Waals surface area contributed by atoms with E-state index in [4.69, 9.17) is 19.2 Å². The van der Waals surface area contributed by atoms with Crippen LogP contribution < -0.4 is 14.2 Å². The molecule has 6 heteroatoms. The van der Waals surface area contributed by atoms with Gasteiger partial charge in [0, 0.05) is 16.8 Å². The van der Waals surface area contributed by atoms with Gasteiger partial charge in [-0.2, -0.15) is 0 Å². The Morgan fingerprint density at radius 2 is 1.24 bits per heavy atom. The van der Waals surface area contributed by atoms with Gasteiger partial charge in [0.05, 0.1) is 25.3 Å². The molecule has 3 rings (SSSR count). The molecular formula is C27H39N3O3. The van der Waals surface area contributed by atoms with Crippen LogP contribution in [0.15, 0.2) is 36.4 Å². The molecular weight excluding hydrogens is 414 g/mol. The predicted octanol–water partition coefficient (Wildman–Crippen LogP) is 5.23. The second-order valence-electron chi connectivity index (χ2n) is 8.95.